The Bertz CT molecular complexity index is 854. The van der Waals surface area contributed by atoms with E-state index in [2.05, 4.69) is 31.3 Å². The molecule has 0 aliphatic carbocycles. The minimum absolute atomic E-state index is 0.245. The fourth-order valence-corrected chi connectivity index (χ4v) is 2.83. The first-order chi connectivity index (χ1) is 13.3. The van der Waals surface area contributed by atoms with Crippen LogP contribution in [-0.4, -0.2) is 39.2 Å². The van der Waals surface area contributed by atoms with Gasteiger partial charge in [0, 0.05) is 23.7 Å². The van der Waals surface area contributed by atoms with Gasteiger partial charge in [0.1, 0.15) is 11.6 Å². The van der Waals surface area contributed by atoms with Gasteiger partial charge < -0.3 is 20.1 Å². The van der Waals surface area contributed by atoms with E-state index in [1.165, 1.54) is 32.4 Å². The zero-order valence-corrected chi connectivity index (χ0v) is 16.9. The van der Waals surface area contributed by atoms with Crippen LogP contribution in [0.3, 0.4) is 0 Å². The molecular weight excluding hydrogens is 438 g/mol. The number of hydrogen-bond donors (Lipinski definition) is 2. The summed E-state index contributed by atoms with van der Waals surface area (Å²) in [7, 11) is 2.80. The van der Waals surface area contributed by atoms with Gasteiger partial charge in [0.05, 0.1) is 37.1 Å². The third-order valence-corrected chi connectivity index (χ3v) is 4.24. The van der Waals surface area contributed by atoms with E-state index in [4.69, 9.17) is 4.74 Å². The van der Waals surface area contributed by atoms with Crippen molar-refractivity contribution in [2.75, 3.05) is 38.0 Å². The molecule has 150 valence electrons. The van der Waals surface area contributed by atoms with E-state index in [1.807, 2.05) is 0 Å². The summed E-state index contributed by atoms with van der Waals surface area (Å²) >= 11 is 2.99. The highest BCUT2D eigenvalue weighted by Crippen LogP contribution is 2.25. The molecule has 0 atom stereocenters. The second-order valence-electron chi connectivity index (χ2n) is 5.74. The van der Waals surface area contributed by atoms with Gasteiger partial charge >= 0.3 is 5.97 Å². The number of carbonyl (C=O) groups excluding carboxylic acids is 2. The molecule has 0 aromatic heterocycles. The van der Waals surface area contributed by atoms with Gasteiger partial charge in [-0.3, -0.25) is 4.79 Å². The third kappa shape index (κ3) is 5.74. The number of rotatable bonds is 8. The Morgan fingerprint density at radius 1 is 1.07 bits per heavy atom. The number of nitrogens with one attached hydrogen (secondary N) is 2. The quantitative estimate of drug-likeness (QED) is 0.467. The van der Waals surface area contributed by atoms with Crippen molar-refractivity contribution in [1.29, 1.82) is 0 Å². The van der Waals surface area contributed by atoms with E-state index in [-0.39, 0.29) is 15.6 Å². The van der Waals surface area contributed by atoms with Crippen LogP contribution in [0.5, 0.6) is 0 Å². The van der Waals surface area contributed by atoms with Crippen molar-refractivity contribution in [2.45, 2.75) is 6.42 Å². The molecule has 1 amide bonds. The van der Waals surface area contributed by atoms with Crippen LogP contribution >= 0.6 is 15.9 Å². The highest BCUT2D eigenvalue weighted by Gasteiger charge is 2.17. The topological polar surface area (TPSA) is 76.7 Å². The van der Waals surface area contributed by atoms with Crippen LogP contribution in [0, 0.1) is 11.6 Å². The summed E-state index contributed by atoms with van der Waals surface area (Å²) in [6.07, 6.45) is -0.485. The van der Waals surface area contributed by atoms with Crippen LogP contribution < -0.4 is 10.6 Å². The van der Waals surface area contributed by atoms with Gasteiger partial charge in [-0.05, 0) is 30.3 Å². The number of hydrogen-bond acceptors (Lipinski definition) is 5. The molecule has 2 N–H and O–H groups in total. The largest absolute Gasteiger partial charge is 0.465 e. The summed E-state index contributed by atoms with van der Waals surface area (Å²) < 4.78 is 37.8. The standard InChI is InChI=1S/C19H19BrF2N2O4/c1-27-6-5-23-17-7-11(19(26)28-2)3-4-16(17)24-18(25)10-13-14(21)8-12(20)9-15(13)22/h3-4,7-9,23H,5-6,10H2,1-2H3,(H,24,25). The molecule has 0 heterocycles. The molecule has 9 heteroatoms. The van der Waals surface area contributed by atoms with Crippen molar-refractivity contribution in [3.63, 3.8) is 0 Å². The minimum Gasteiger partial charge on any atom is -0.465 e. The Labute approximate surface area is 169 Å². The SMILES string of the molecule is COCCNc1cc(C(=O)OC)ccc1NC(=O)Cc1c(F)cc(Br)cc1F. The summed E-state index contributed by atoms with van der Waals surface area (Å²) in [5.74, 6) is -2.78. The van der Waals surface area contributed by atoms with Gasteiger partial charge in [-0.15, -0.1) is 0 Å². The zero-order chi connectivity index (χ0) is 20.7. The lowest BCUT2D eigenvalue weighted by atomic mass is 10.1. The van der Waals surface area contributed by atoms with Crippen LogP contribution in [0.1, 0.15) is 15.9 Å². The highest BCUT2D eigenvalue weighted by molar-refractivity contribution is 9.10. The summed E-state index contributed by atoms with van der Waals surface area (Å²) in [4.78, 5) is 24.1. The maximum Gasteiger partial charge on any atom is 0.337 e. The van der Waals surface area contributed by atoms with Crippen LogP contribution in [0.2, 0.25) is 0 Å². The summed E-state index contributed by atoms with van der Waals surface area (Å²) in [5.41, 5.74) is 0.753. The summed E-state index contributed by atoms with van der Waals surface area (Å²) in [5, 5.41) is 5.63. The molecule has 2 rings (SSSR count). The van der Waals surface area contributed by atoms with Crippen molar-refractivity contribution in [3.05, 3.63) is 57.6 Å². The van der Waals surface area contributed by atoms with Crippen LogP contribution in [0.4, 0.5) is 20.2 Å². The smallest absolute Gasteiger partial charge is 0.337 e. The third-order valence-electron chi connectivity index (χ3n) is 3.78. The zero-order valence-electron chi connectivity index (χ0n) is 15.3. The number of amides is 1. The van der Waals surface area contributed by atoms with E-state index in [9.17, 15) is 18.4 Å². The highest BCUT2D eigenvalue weighted by atomic mass is 79.9. The minimum atomic E-state index is -0.818. The van der Waals surface area contributed by atoms with Gasteiger partial charge in [0.15, 0.2) is 0 Å². The summed E-state index contributed by atoms with van der Waals surface area (Å²) in [6, 6.07) is 6.68. The molecule has 6 nitrogen and oxygen atoms in total. The average molecular weight is 457 g/mol. The molecule has 0 aliphatic heterocycles. The van der Waals surface area contributed by atoms with Gasteiger partial charge in [-0.25, -0.2) is 13.6 Å². The number of carbonyl (C=O) groups is 2. The lowest BCUT2D eigenvalue weighted by Crippen LogP contribution is -2.18. The predicted molar refractivity (Wildman–Crippen MR) is 105 cm³/mol. The van der Waals surface area contributed by atoms with E-state index in [0.29, 0.717) is 24.5 Å². The van der Waals surface area contributed by atoms with Gasteiger partial charge in [0.2, 0.25) is 5.91 Å². The number of esters is 1. The molecular formula is C19H19BrF2N2O4. The molecule has 2 aromatic carbocycles. The molecule has 0 unspecified atom stereocenters. The van der Waals surface area contributed by atoms with Crippen molar-refractivity contribution < 1.29 is 27.8 Å². The van der Waals surface area contributed by atoms with Crippen LogP contribution in [0.15, 0.2) is 34.8 Å². The monoisotopic (exact) mass is 456 g/mol. The number of halogens is 3. The maximum atomic E-state index is 13.9. The molecule has 0 spiro atoms. The normalized spacial score (nSPS) is 10.5. The molecule has 2 aromatic rings. The number of ether oxygens (including phenoxy) is 2. The number of anilines is 2. The first-order valence-electron chi connectivity index (χ1n) is 8.24. The second-order valence-corrected chi connectivity index (χ2v) is 6.66. The Morgan fingerprint density at radius 3 is 2.36 bits per heavy atom. The Balaban J connectivity index is 2.21. The van der Waals surface area contributed by atoms with Crippen LogP contribution in [-0.2, 0) is 20.7 Å². The van der Waals surface area contributed by atoms with E-state index in [1.54, 1.807) is 0 Å². The predicted octanol–water partition coefficient (Wildman–Crippen LogP) is 3.75. The first-order valence-corrected chi connectivity index (χ1v) is 9.03. The van der Waals surface area contributed by atoms with Gasteiger partial charge in [0.25, 0.3) is 0 Å². The Morgan fingerprint density at radius 2 is 1.75 bits per heavy atom. The molecule has 0 fully saturated rings. The van der Waals surface area contributed by atoms with Crippen molar-refractivity contribution in [3.8, 4) is 0 Å². The Hall–Kier alpha value is -2.52. The van der Waals surface area contributed by atoms with Crippen molar-refractivity contribution in [2.24, 2.45) is 0 Å². The molecule has 0 radical (unpaired) electrons. The Kier molecular flexibility index (Phi) is 7.89. The van der Waals surface area contributed by atoms with Gasteiger partial charge in [-0.2, -0.15) is 0 Å². The van der Waals surface area contributed by atoms with Crippen LogP contribution in [0.25, 0.3) is 0 Å². The fraction of sp³-hybridized carbons (Fsp3) is 0.263. The number of benzene rings is 2. The molecule has 28 heavy (non-hydrogen) atoms. The lowest BCUT2D eigenvalue weighted by Gasteiger charge is -2.15. The van der Waals surface area contributed by atoms with E-state index in [0.717, 1.165) is 12.1 Å². The lowest BCUT2D eigenvalue weighted by molar-refractivity contribution is -0.115. The van der Waals surface area contributed by atoms with Gasteiger partial charge in [-0.1, -0.05) is 15.9 Å². The average Bonchev–Trinajstić information content (AvgIpc) is 2.65. The van der Waals surface area contributed by atoms with E-state index >= 15 is 0 Å². The van der Waals surface area contributed by atoms with E-state index < -0.39 is 29.9 Å². The van der Waals surface area contributed by atoms with Crippen molar-refractivity contribution >= 4 is 39.2 Å². The van der Waals surface area contributed by atoms with Crippen molar-refractivity contribution in [1.82, 2.24) is 0 Å². The molecule has 0 saturated carbocycles. The summed E-state index contributed by atoms with van der Waals surface area (Å²) in [6.45, 7) is 0.811. The number of methoxy groups -OCH3 is 2. The molecule has 0 bridgehead atoms. The second kappa shape index (κ2) is 10.1. The maximum absolute atomic E-state index is 13.9. The molecule has 0 saturated heterocycles. The molecule has 0 aliphatic rings. The fourth-order valence-electron chi connectivity index (χ4n) is 2.43. The first kappa shape index (κ1) is 21.8.